The smallest absolute Gasteiger partial charge is 0.325 e. The molecular weight excluding hydrogens is 394 g/mol. The van der Waals surface area contributed by atoms with Crippen LogP contribution in [0.15, 0.2) is 36.4 Å². The predicted octanol–water partition coefficient (Wildman–Crippen LogP) is 3.37. The van der Waals surface area contributed by atoms with Gasteiger partial charge in [-0.25, -0.2) is 4.79 Å². The van der Waals surface area contributed by atoms with E-state index in [-0.39, 0.29) is 0 Å². The summed E-state index contributed by atoms with van der Waals surface area (Å²) in [5.41, 5.74) is 1.54. The third-order valence-electron chi connectivity index (χ3n) is 5.01. The zero-order valence-electron chi connectivity index (χ0n) is 16.6. The fourth-order valence-electron chi connectivity index (χ4n) is 3.33. The Morgan fingerprint density at radius 2 is 1.90 bits per heavy atom. The van der Waals surface area contributed by atoms with Crippen LogP contribution in [0.25, 0.3) is 0 Å². The molecule has 0 bridgehead atoms. The summed E-state index contributed by atoms with van der Waals surface area (Å²) in [5.74, 6) is -0.284. The molecule has 1 aliphatic heterocycles. The summed E-state index contributed by atoms with van der Waals surface area (Å²) in [4.78, 5) is 38.8. The number of hydrogen-bond acceptors (Lipinski definition) is 4. The van der Waals surface area contributed by atoms with Gasteiger partial charge in [0.05, 0.1) is 7.11 Å². The molecule has 2 aromatic rings. The molecule has 1 unspecified atom stereocenters. The van der Waals surface area contributed by atoms with Crippen LogP contribution in [0.5, 0.6) is 5.75 Å². The van der Waals surface area contributed by atoms with Crippen molar-refractivity contribution in [2.24, 2.45) is 0 Å². The van der Waals surface area contributed by atoms with E-state index in [1.807, 2.05) is 6.92 Å². The van der Waals surface area contributed by atoms with Crippen molar-refractivity contribution in [1.82, 2.24) is 10.2 Å². The Balaban J connectivity index is 1.77. The number of urea groups is 1. The minimum atomic E-state index is -1.26. The number of aryl methyl sites for hydroxylation is 2. The fraction of sp³-hybridized carbons (Fsp3) is 0.286. The van der Waals surface area contributed by atoms with Crippen molar-refractivity contribution in [2.45, 2.75) is 26.3 Å². The second kappa shape index (κ2) is 7.75. The number of carbonyl (C=O) groups excluding carboxylic acids is 3. The molecule has 3 rings (SSSR count). The lowest BCUT2D eigenvalue weighted by atomic mass is 9.90. The van der Waals surface area contributed by atoms with Crippen molar-refractivity contribution in [3.05, 3.63) is 58.1 Å². The van der Waals surface area contributed by atoms with Crippen LogP contribution in [0.1, 0.15) is 23.6 Å². The van der Waals surface area contributed by atoms with Crippen LogP contribution >= 0.6 is 11.6 Å². The summed E-state index contributed by atoms with van der Waals surface area (Å²) in [7, 11) is 1.56. The summed E-state index contributed by atoms with van der Waals surface area (Å²) in [5, 5.41) is 5.96. The van der Waals surface area contributed by atoms with E-state index < -0.39 is 29.9 Å². The number of anilines is 1. The average molecular weight is 416 g/mol. The molecule has 0 radical (unpaired) electrons. The van der Waals surface area contributed by atoms with Crippen LogP contribution in [-0.2, 0) is 15.1 Å². The van der Waals surface area contributed by atoms with Gasteiger partial charge >= 0.3 is 6.03 Å². The molecule has 1 atom stereocenters. The fourth-order valence-corrected chi connectivity index (χ4v) is 3.55. The van der Waals surface area contributed by atoms with Gasteiger partial charge in [-0.3, -0.25) is 14.5 Å². The summed E-state index contributed by atoms with van der Waals surface area (Å²) in [6.45, 7) is 4.89. The monoisotopic (exact) mass is 415 g/mol. The van der Waals surface area contributed by atoms with Gasteiger partial charge in [-0.05, 0) is 67.8 Å². The lowest BCUT2D eigenvalue weighted by Crippen LogP contribution is -2.42. The van der Waals surface area contributed by atoms with Gasteiger partial charge in [-0.15, -0.1) is 0 Å². The number of nitrogens with zero attached hydrogens (tertiary/aromatic N) is 1. The first-order valence-electron chi connectivity index (χ1n) is 9.01. The van der Waals surface area contributed by atoms with Gasteiger partial charge in [0.15, 0.2) is 0 Å². The summed E-state index contributed by atoms with van der Waals surface area (Å²) in [6.07, 6.45) is 0. The molecule has 152 valence electrons. The first-order chi connectivity index (χ1) is 13.7. The average Bonchev–Trinajstić information content (AvgIpc) is 2.88. The number of rotatable bonds is 5. The van der Waals surface area contributed by atoms with E-state index in [2.05, 4.69) is 10.6 Å². The molecule has 1 aliphatic rings. The molecule has 4 amide bonds. The van der Waals surface area contributed by atoms with Crippen molar-refractivity contribution >= 4 is 35.1 Å². The van der Waals surface area contributed by atoms with Gasteiger partial charge in [0.25, 0.3) is 5.91 Å². The number of methoxy groups -OCH3 is 1. The maximum Gasteiger partial charge on any atom is 0.325 e. The molecule has 8 heteroatoms. The molecule has 0 aliphatic carbocycles. The molecule has 0 saturated carbocycles. The number of nitrogens with one attached hydrogen (secondary N) is 2. The Labute approximate surface area is 174 Å². The van der Waals surface area contributed by atoms with Crippen molar-refractivity contribution in [2.75, 3.05) is 19.0 Å². The van der Waals surface area contributed by atoms with Gasteiger partial charge in [0, 0.05) is 10.7 Å². The molecule has 1 saturated heterocycles. The number of ether oxygens (including phenoxy) is 1. The van der Waals surface area contributed by atoms with E-state index in [0.717, 1.165) is 16.0 Å². The van der Waals surface area contributed by atoms with Crippen LogP contribution in [0.2, 0.25) is 5.02 Å². The van der Waals surface area contributed by atoms with E-state index in [1.165, 1.54) is 0 Å². The first kappa shape index (κ1) is 20.7. The number of halogens is 1. The van der Waals surface area contributed by atoms with Crippen LogP contribution in [0, 0.1) is 13.8 Å². The van der Waals surface area contributed by atoms with Crippen LogP contribution in [0.3, 0.4) is 0 Å². The highest BCUT2D eigenvalue weighted by atomic mass is 35.5. The Morgan fingerprint density at radius 3 is 2.52 bits per heavy atom. The number of benzene rings is 2. The van der Waals surface area contributed by atoms with Crippen molar-refractivity contribution in [1.29, 1.82) is 0 Å². The maximum absolute atomic E-state index is 13.0. The SMILES string of the molecule is COc1ccc(C2(C)NC(=O)N(CC(=O)Nc3ccc(Cl)cc3C)C2=O)cc1C. The third kappa shape index (κ3) is 3.91. The van der Waals surface area contributed by atoms with E-state index in [9.17, 15) is 14.4 Å². The van der Waals surface area contributed by atoms with E-state index in [4.69, 9.17) is 16.3 Å². The third-order valence-corrected chi connectivity index (χ3v) is 5.25. The Morgan fingerprint density at radius 1 is 1.17 bits per heavy atom. The number of carbonyl (C=O) groups is 3. The van der Waals surface area contributed by atoms with E-state index in [0.29, 0.717) is 22.0 Å². The quantitative estimate of drug-likeness (QED) is 0.733. The number of imide groups is 1. The second-order valence-electron chi connectivity index (χ2n) is 7.14. The van der Waals surface area contributed by atoms with Gasteiger partial charge in [-0.2, -0.15) is 0 Å². The molecule has 2 N–H and O–H groups in total. The molecule has 29 heavy (non-hydrogen) atoms. The highest BCUT2D eigenvalue weighted by Gasteiger charge is 2.49. The van der Waals surface area contributed by atoms with Gasteiger partial charge in [0.1, 0.15) is 17.8 Å². The molecule has 2 aromatic carbocycles. The maximum atomic E-state index is 13.0. The van der Waals surface area contributed by atoms with Crippen LogP contribution < -0.4 is 15.4 Å². The summed E-state index contributed by atoms with van der Waals surface area (Å²) >= 11 is 5.92. The van der Waals surface area contributed by atoms with Gasteiger partial charge < -0.3 is 15.4 Å². The lowest BCUT2D eigenvalue weighted by molar-refractivity contribution is -0.133. The lowest BCUT2D eigenvalue weighted by Gasteiger charge is -2.23. The van der Waals surface area contributed by atoms with Crippen LogP contribution in [-0.4, -0.2) is 36.4 Å². The molecule has 1 heterocycles. The van der Waals surface area contributed by atoms with Crippen molar-refractivity contribution in [3.63, 3.8) is 0 Å². The van der Waals surface area contributed by atoms with Gasteiger partial charge in [-0.1, -0.05) is 17.7 Å². The largest absolute Gasteiger partial charge is 0.496 e. The highest BCUT2D eigenvalue weighted by molar-refractivity contribution is 6.30. The second-order valence-corrected chi connectivity index (χ2v) is 7.57. The molecular formula is C21H22ClN3O4. The zero-order chi connectivity index (χ0) is 21.3. The zero-order valence-corrected chi connectivity index (χ0v) is 17.4. The number of hydrogen-bond donors (Lipinski definition) is 2. The first-order valence-corrected chi connectivity index (χ1v) is 9.38. The Hall–Kier alpha value is -3.06. The standard InChI is InChI=1S/C21H22ClN3O4/c1-12-10-15(22)6-7-16(12)23-18(26)11-25-19(27)21(3,24-20(25)28)14-5-8-17(29-4)13(2)9-14/h5-10H,11H2,1-4H3,(H,23,26)(H,24,28). The Bertz CT molecular complexity index is 1010. The normalized spacial score (nSPS) is 18.6. The van der Waals surface area contributed by atoms with E-state index >= 15 is 0 Å². The minimum Gasteiger partial charge on any atom is -0.496 e. The minimum absolute atomic E-state index is 0.391. The van der Waals surface area contributed by atoms with Crippen molar-refractivity contribution in [3.8, 4) is 5.75 Å². The summed E-state index contributed by atoms with van der Waals surface area (Å²) < 4.78 is 5.25. The molecule has 0 aromatic heterocycles. The highest BCUT2D eigenvalue weighted by Crippen LogP contribution is 2.31. The molecule has 1 fully saturated rings. The molecule has 0 spiro atoms. The van der Waals surface area contributed by atoms with Crippen LogP contribution in [0.4, 0.5) is 10.5 Å². The van der Waals surface area contributed by atoms with Crippen molar-refractivity contribution < 1.29 is 19.1 Å². The summed E-state index contributed by atoms with van der Waals surface area (Å²) in [6, 6.07) is 9.69. The Kier molecular flexibility index (Phi) is 5.53. The topological polar surface area (TPSA) is 87.7 Å². The molecule has 7 nitrogen and oxygen atoms in total. The van der Waals surface area contributed by atoms with Gasteiger partial charge in [0.2, 0.25) is 5.91 Å². The van der Waals surface area contributed by atoms with E-state index in [1.54, 1.807) is 57.4 Å². The number of amides is 4. The predicted molar refractivity (Wildman–Crippen MR) is 110 cm³/mol.